The summed E-state index contributed by atoms with van der Waals surface area (Å²) in [6.07, 6.45) is 0. The minimum Gasteiger partial charge on any atom is -0.337 e. The molecule has 1 aliphatic heterocycles. The van der Waals surface area contributed by atoms with Crippen LogP contribution in [0.4, 0.5) is 4.79 Å². The minimum atomic E-state index is -0.145. The van der Waals surface area contributed by atoms with E-state index in [9.17, 15) is 4.79 Å². The first kappa shape index (κ1) is 10.6. The smallest absolute Gasteiger partial charge is 0.299 e. The number of hydrogen-bond acceptors (Lipinski definition) is 4. The number of hydrogen-bond donors (Lipinski definition) is 2. The number of nitrogens with one attached hydrogen (secondary N) is 2. The van der Waals surface area contributed by atoms with Gasteiger partial charge in [-0.2, -0.15) is 5.10 Å². The van der Waals surface area contributed by atoms with Crippen LogP contribution < -0.4 is 5.43 Å². The molecule has 2 heterocycles. The molecule has 0 aliphatic carbocycles. The fourth-order valence-corrected chi connectivity index (χ4v) is 2.30. The summed E-state index contributed by atoms with van der Waals surface area (Å²) in [5, 5.41) is 4.48. The molecule has 1 aliphatic rings. The monoisotopic (exact) mass is 266 g/mol. The van der Waals surface area contributed by atoms with Gasteiger partial charge in [0.1, 0.15) is 5.71 Å². The van der Waals surface area contributed by atoms with Crippen LogP contribution in [0.25, 0.3) is 11.0 Å². The van der Waals surface area contributed by atoms with Gasteiger partial charge in [-0.25, -0.2) is 10.4 Å². The second-order valence-corrected chi connectivity index (χ2v) is 4.88. The number of halogens is 1. The lowest BCUT2D eigenvalue weighted by atomic mass is 10.3. The average Bonchev–Trinajstić information content (AvgIpc) is 2.72. The van der Waals surface area contributed by atoms with Gasteiger partial charge in [0.2, 0.25) is 0 Å². The molecule has 1 amide bonds. The first-order valence-corrected chi connectivity index (χ1v) is 6.24. The predicted octanol–water partition coefficient (Wildman–Crippen LogP) is 2.38. The van der Waals surface area contributed by atoms with Gasteiger partial charge in [0, 0.05) is 5.02 Å². The van der Waals surface area contributed by atoms with Gasteiger partial charge in [0.25, 0.3) is 5.24 Å². The van der Waals surface area contributed by atoms with Crippen LogP contribution in [0.2, 0.25) is 5.02 Å². The molecule has 0 radical (unpaired) electrons. The lowest BCUT2D eigenvalue weighted by Crippen LogP contribution is -2.24. The first-order chi connectivity index (χ1) is 8.22. The average molecular weight is 267 g/mol. The van der Waals surface area contributed by atoms with Crippen molar-refractivity contribution in [2.75, 3.05) is 5.75 Å². The number of thioether (sulfide) groups is 1. The number of fused-ring (bicyclic) bond motifs is 1. The highest BCUT2D eigenvalue weighted by molar-refractivity contribution is 8.14. The van der Waals surface area contributed by atoms with Crippen molar-refractivity contribution >= 4 is 45.3 Å². The van der Waals surface area contributed by atoms with Crippen molar-refractivity contribution < 1.29 is 4.79 Å². The van der Waals surface area contributed by atoms with E-state index in [2.05, 4.69) is 20.5 Å². The molecule has 0 spiro atoms. The van der Waals surface area contributed by atoms with E-state index in [1.165, 1.54) is 11.8 Å². The molecular weight excluding hydrogens is 260 g/mol. The summed E-state index contributed by atoms with van der Waals surface area (Å²) in [6, 6.07) is 5.43. The number of benzene rings is 1. The van der Waals surface area contributed by atoms with Crippen molar-refractivity contribution in [1.29, 1.82) is 0 Å². The van der Waals surface area contributed by atoms with E-state index in [4.69, 9.17) is 11.6 Å². The summed E-state index contributed by atoms with van der Waals surface area (Å²) in [4.78, 5) is 18.5. The van der Waals surface area contributed by atoms with Gasteiger partial charge in [0.05, 0.1) is 16.8 Å². The van der Waals surface area contributed by atoms with Crippen molar-refractivity contribution in [3.05, 3.63) is 29.0 Å². The number of imidazole rings is 1. The fourth-order valence-electron chi connectivity index (χ4n) is 1.55. The van der Waals surface area contributed by atoms with E-state index in [0.717, 1.165) is 16.7 Å². The first-order valence-electron chi connectivity index (χ1n) is 4.87. The van der Waals surface area contributed by atoms with Crippen LogP contribution in [0.5, 0.6) is 0 Å². The summed E-state index contributed by atoms with van der Waals surface area (Å²) < 4.78 is 0. The SMILES string of the molecule is O=C1NN=C(c2nc3ccc(Cl)cc3[nH]2)CS1. The van der Waals surface area contributed by atoms with Crippen molar-refractivity contribution in [2.45, 2.75) is 0 Å². The van der Waals surface area contributed by atoms with E-state index in [1.54, 1.807) is 6.07 Å². The van der Waals surface area contributed by atoms with Gasteiger partial charge in [-0.1, -0.05) is 23.4 Å². The zero-order chi connectivity index (χ0) is 11.8. The summed E-state index contributed by atoms with van der Waals surface area (Å²) in [5.41, 5.74) is 4.82. The number of nitrogens with zero attached hydrogens (tertiary/aromatic N) is 2. The Bertz CT molecular complexity index is 636. The van der Waals surface area contributed by atoms with Gasteiger partial charge in [-0.15, -0.1) is 0 Å². The van der Waals surface area contributed by atoms with Gasteiger partial charge in [0.15, 0.2) is 5.82 Å². The van der Waals surface area contributed by atoms with Crippen molar-refractivity contribution in [1.82, 2.24) is 15.4 Å². The molecule has 0 atom stereocenters. The number of rotatable bonds is 1. The molecule has 2 aromatic rings. The van der Waals surface area contributed by atoms with Crippen LogP contribution >= 0.6 is 23.4 Å². The Morgan fingerprint density at radius 2 is 2.29 bits per heavy atom. The normalized spacial score (nSPS) is 15.8. The number of amides is 1. The number of carbonyl (C=O) groups is 1. The summed E-state index contributed by atoms with van der Waals surface area (Å²) in [7, 11) is 0. The molecule has 0 saturated carbocycles. The van der Waals surface area contributed by atoms with Gasteiger partial charge in [-0.05, 0) is 18.2 Å². The maximum absolute atomic E-state index is 11.0. The highest BCUT2D eigenvalue weighted by Gasteiger charge is 2.16. The Morgan fingerprint density at radius 1 is 1.41 bits per heavy atom. The summed E-state index contributed by atoms with van der Waals surface area (Å²) in [6.45, 7) is 0. The number of aromatic amines is 1. The van der Waals surface area contributed by atoms with Crippen LogP contribution in [0, 0.1) is 0 Å². The molecule has 3 rings (SSSR count). The Morgan fingerprint density at radius 3 is 3.06 bits per heavy atom. The molecule has 0 fully saturated rings. The molecule has 1 aromatic heterocycles. The minimum absolute atomic E-state index is 0.145. The Kier molecular flexibility index (Phi) is 2.53. The number of hydrazone groups is 1. The van der Waals surface area contributed by atoms with Gasteiger partial charge < -0.3 is 4.98 Å². The highest BCUT2D eigenvalue weighted by Crippen LogP contribution is 2.19. The van der Waals surface area contributed by atoms with Crippen LogP contribution in [0.15, 0.2) is 23.3 Å². The van der Waals surface area contributed by atoms with Crippen LogP contribution in [0.3, 0.4) is 0 Å². The standard InChI is InChI=1S/C10H7ClN4OS/c11-5-1-2-6-7(3-5)13-9(12-6)8-4-17-10(16)15-14-8/h1-3H,4H2,(H,12,13)(H,15,16). The summed E-state index contributed by atoms with van der Waals surface area (Å²) in [5.74, 6) is 1.18. The van der Waals surface area contributed by atoms with E-state index >= 15 is 0 Å². The molecular formula is C10H7ClN4OS. The lowest BCUT2D eigenvalue weighted by molar-refractivity contribution is 0.261. The number of carbonyl (C=O) groups excluding carboxylic acids is 1. The molecule has 5 nitrogen and oxygen atoms in total. The molecule has 17 heavy (non-hydrogen) atoms. The molecule has 7 heteroatoms. The molecule has 0 bridgehead atoms. The van der Waals surface area contributed by atoms with Crippen LogP contribution in [0.1, 0.15) is 5.82 Å². The van der Waals surface area contributed by atoms with E-state index in [-0.39, 0.29) is 5.24 Å². The number of H-pyrrole nitrogens is 1. The Labute approximate surface area is 106 Å². The fraction of sp³-hybridized carbons (Fsp3) is 0.100. The van der Waals surface area contributed by atoms with E-state index < -0.39 is 0 Å². The molecule has 86 valence electrons. The zero-order valence-corrected chi connectivity index (χ0v) is 10.1. The Balaban J connectivity index is 2.03. The van der Waals surface area contributed by atoms with Crippen LogP contribution in [-0.2, 0) is 0 Å². The second-order valence-electron chi connectivity index (χ2n) is 3.49. The lowest BCUT2D eigenvalue weighted by Gasteiger charge is -2.08. The maximum Gasteiger partial charge on any atom is 0.299 e. The van der Waals surface area contributed by atoms with Crippen molar-refractivity contribution in [3.63, 3.8) is 0 Å². The van der Waals surface area contributed by atoms with E-state index in [1.807, 2.05) is 12.1 Å². The van der Waals surface area contributed by atoms with Gasteiger partial charge in [-0.3, -0.25) is 4.79 Å². The molecule has 2 N–H and O–H groups in total. The quantitative estimate of drug-likeness (QED) is 0.833. The maximum atomic E-state index is 11.0. The largest absolute Gasteiger partial charge is 0.337 e. The second kappa shape index (κ2) is 4.05. The molecule has 1 aromatic carbocycles. The Hall–Kier alpha value is -1.53. The number of aromatic nitrogens is 2. The molecule has 0 unspecified atom stereocenters. The predicted molar refractivity (Wildman–Crippen MR) is 68.6 cm³/mol. The third kappa shape index (κ3) is 2.01. The zero-order valence-electron chi connectivity index (χ0n) is 8.53. The van der Waals surface area contributed by atoms with E-state index in [0.29, 0.717) is 16.6 Å². The molecule has 0 saturated heterocycles. The topological polar surface area (TPSA) is 70.1 Å². The highest BCUT2D eigenvalue weighted by atomic mass is 35.5. The third-order valence-corrected chi connectivity index (χ3v) is 3.35. The van der Waals surface area contributed by atoms with Gasteiger partial charge >= 0.3 is 0 Å². The summed E-state index contributed by atoms with van der Waals surface area (Å²) >= 11 is 7.06. The third-order valence-electron chi connectivity index (χ3n) is 2.34. The van der Waals surface area contributed by atoms with Crippen molar-refractivity contribution in [3.8, 4) is 0 Å². The van der Waals surface area contributed by atoms with Crippen LogP contribution in [-0.4, -0.2) is 26.7 Å². The van der Waals surface area contributed by atoms with Crippen molar-refractivity contribution in [2.24, 2.45) is 5.10 Å².